The summed E-state index contributed by atoms with van der Waals surface area (Å²) in [7, 11) is 0. The topological polar surface area (TPSA) is 171 Å². The Kier molecular flexibility index (Phi) is 20.6. The molecule has 4 aromatic heterocycles. The van der Waals surface area contributed by atoms with Gasteiger partial charge in [0.2, 0.25) is 0 Å². The largest absolute Gasteiger partial charge is 0.481 e. The molecule has 0 unspecified atom stereocenters. The SMILES string of the molecule is CCn1c2ccc(CNCCOCCOCCOCCOCCOCCNC(=O)COc3ccc(CCc4nc5cc(-c6c(C)noc6C)ccc5n4CCN4CCOCC4)cc3F)cc2c2ccc(-c3cscn3)cc21. The maximum Gasteiger partial charge on any atom is 0.258 e. The highest BCUT2D eigenvalue weighted by Gasteiger charge is 2.19. The molecule has 0 bridgehead atoms. The van der Waals surface area contributed by atoms with E-state index in [9.17, 15) is 4.79 Å². The Hall–Kier alpha value is -6.13. The zero-order valence-electron chi connectivity index (χ0n) is 44.5. The van der Waals surface area contributed by atoms with Crippen LogP contribution in [0.4, 0.5) is 4.39 Å². The van der Waals surface area contributed by atoms with Crippen molar-refractivity contribution in [3.8, 4) is 28.1 Å². The lowest BCUT2D eigenvalue weighted by Gasteiger charge is -2.27. The van der Waals surface area contributed by atoms with E-state index in [1.54, 1.807) is 17.4 Å². The van der Waals surface area contributed by atoms with Crippen LogP contribution in [-0.2, 0) is 65.7 Å². The molecule has 0 spiro atoms. The van der Waals surface area contributed by atoms with Crippen molar-refractivity contribution in [2.75, 3.05) is 119 Å². The summed E-state index contributed by atoms with van der Waals surface area (Å²) in [4.78, 5) is 24.4. The van der Waals surface area contributed by atoms with Crippen molar-refractivity contribution in [1.82, 2.24) is 39.8 Å². The molecule has 0 radical (unpaired) electrons. The van der Waals surface area contributed by atoms with Gasteiger partial charge in [-0.25, -0.2) is 14.4 Å². The standard InChI is InChI=1S/C58H71FN8O9S/c1-4-66-52-11-5-44(33-48(52)47-10-8-45(36-54(47)66)51-39-77-40-62-51)37-60-15-21-69-25-27-72-29-31-74-32-30-73-28-26-70-22-16-61-57(68)38-75-55-13-6-43(34-49(55)59)7-14-56-63-50-35-46(58-41(2)64-76-42(58)3)9-12-53(50)67(56)18-17-65-19-23-71-24-20-65/h5-6,8-13,33-36,39-40,60H,4,7,14-32,37-38H2,1-3H3,(H,61,68). The van der Waals surface area contributed by atoms with Gasteiger partial charge in [-0.1, -0.05) is 35.5 Å². The van der Waals surface area contributed by atoms with Crippen LogP contribution in [-0.4, -0.2) is 154 Å². The van der Waals surface area contributed by atoms with E-state index in [0.29, 0.717) is 78.9 Å². The second-order valence-corrected chi connectivity index (χ2v) is 19.6. The number of thiazole rings is 1. The Morgan fingerprint density at radius 2 is 1.44 bits per heavy atom. The molecule has 1 saturated heterocycles. The van der Waals surface area contributed by atoms with Gasteiger partial charge in [0.25, 0.3) is 5.91 Å². The van der Waals surface area contributed by atoms with E-state index in [-0.39, 0.29) is 24.8 Å². The third-order valence-corrected chi connectivity index (χ3v) is 14.3. The van der Waals surface area contributed by atoms with Gasteiger partial charge in [0.1, 0.15) is 11.6 Å². The number of aryl methyl sites for hydroxylation is 5. The lowest BCUT2D eigenvalue weighted by Crippen LogP contribution is -2.38. The minimum atomic E-state index is -0.524. The number of ether oxygens (including phenoxy) is 7. The highest BCUT2D eigenvalue weighted by atomic mass is 32.1. The number of rotatable bonds is 32. The molecule has 0 aliphatic carbocycles. The summed E-state index contributed by atoms with van der Waals surface area (Å²) in [5.74, 6) is 0.821. The van der Waals surface area contributed by atoms with Crippen molar-refractivity contribution >= 4 is 50.1 Å². The second-order valence-electron chi connectivity index (χ2n) is 18.9. The molecule has 4 aromatic carbocycles. The molecule has 19 heteroatoms. The summed E-state index contributed by atoms with van der Waals surface area (Å²) in [5, 5.41) is 15.0. The van der Waals surface area contributed by atoms with E-state index in [2.05, 4.69) is 102 Å². The average molecular weight is 1080 g/mol. The lowest BCUT2D eigenvalue weighted by molar-refractivity contribution is -0.123. The van der Waals surface area contributed by atoms with Crippen molar-refractivity contribution in [3.63, 3.8) is 0 Å². The quantitative estimate of drug-likeness (QED) is 0.0387. The molecule has 8 aromatic rings. The van der Waals surface area contributed by atoms with Crippen molar-refractivity contribution in [1.29, 1.82) is 0 Å². The van der Waals surface area contributed by atoms with Crippen LogP contribution in [0.15, 0.2) is 88.2 Å². The molecule has 1 amide bonds. The van der Waals surface area contributed by atoms with Crippen LogP contribution in [0.3, 0.4) is 0 Å². The number of carbonyl (C=O) groups excluding carboxylic acids is 1. The Morgan fingerprint density at radius 3 is 2.14 bits per heavy atom. The zero-order chi connectivity index (χ0) is 53.2. The molecule has 5 heterocycles. The summed E-state index contributed by atoms with van der Waals surface area (Å²) in [6.45, 7) is 17.9. The fraction of sp³-hybridized carbons (Fsp3) is 0.448. The summed E-state index contributed by atoms with van der Waals surface area (Å²) in [6, 6.07) is 24.5. The van der Waals surface area contributed by atoms with E-state index in [1.807, 2.05) is 25.4 Å². The number of carbonyl (C=O) groups is 1. The number of morpholine rings is 1. The highest BCUT2D eigenvalue weighted by Crippen LogP contribution is 2.34. The van der Waals surface area contributed by atoms with Crippen LogP contribution in [0.5, 0.6) is 5.75 Å². The van der Waals surface area contributed by atoms with Crippen LogP contribution in [0.25, 0.3) is 55.2 Å². The smallest absolute Gasteiger partial charge is 0.258 e. The van der Waals surface area contributed by atoms with E-state index < -0.39 is 5.82 Å². The van der Waals surface area contributed by atoms with Crippen molar-refractivity contribution in [2.45, 2.75) is 53.2 Å². The molecule has 1 fully saturated rings. The van der Waals surface area contributed by atoms with Crippen LogP contribution in [0.2, 0.25) is 0 Å². The lowest BCUT2D eigenvalue weighted by atomic mass is 10.0. The highest BCUT2D eigenvalue weighted by molar-refractivity contribution is 7.07. The van der Waals surface area contributed by atoms with Crippen molar-refractivity contribution < 1.29 is 46.9 Å². The third-order valence-electron chi connectivity index (χ3n) is 13.7. The van der Waals surface area contributed by atoms with Gasteiger partial charge in [0.05, 0.1) is 107 Å². The van der Waals surface area contributed by atoms with E-state index in [0.717, 1.165) is 115 Å². The van der Waals surface area contributed by atoms with Crippen molar-refractivity contribution in [2.24, 2.45) is 0 Å². The maximum absolute atomic E-state index is 15.2. The molecule has 9 rings (SSSR count). The number of halogens is 1. The first-order valence-corrected chi connectivity index (χ1v) is 27.7. The summed E-state index contributed by atoms with van der Waals surface area (Å²) < 4.78 is 64.6. The molecule has 77 heavy (non-hydrogen) atoms. The van der Waals surface area contributed by atoms with Crippen LogP contribution in [0, 0.1) is 19.7 Å². The molecular formula is C58H71FN8O9S. The fourth-order valence-electron chi connectivity index (χ4n) is 9.74. The maximum atomic E-state index is 15.2. The van der Waals surface area contributed by atoms with Gasteiger partial charge in [-0.2, -0.15) is 0 Å². The second kappa shape index (κ2) is 28.5. The van der Waals surface area contributed by atoms with Crippen LogP contribution < -0.4 is 15.4 Å². The van der Waals surface area contributed by atoms with Gasteiger partial charge in [-0.3, -0.25) is 9.69 Å². The zero-order valence-corrected chi connectivity index (χ0v) is 45.3. The van der Waals surface area contributed by atoms with Gasteiger partial charge >= 0.3 is 0 Å². The first kappa shape index (κ1) is 55.6. The predicted molar refractivity (Wildman–Crippen MR) is 296 cm³/mol. The van der Waals surface area contributed by atoms with E-state index in [1.165, 1.54) is 33.4 Å². The first-order chi connectivity index (χ1) is 37.8. The summed E-state index contributed by atoms with van der Waals surface area (Å²) in [5.41, 5.74) is 13.3. The molecule has 410 valence electrons. The van der Waals surface area contributed by atoms with Gasteiger partial charge in [-0.05, 0) is 86.3 Å². The number of hydrogen-bond acceptors (Lipinski definition) is 15. The summed E-state index contributed by atoms with van der Waals surface area (Å²) >= 11 is 1.62. The minimum absolute atomic E-state index is 0.0178. The number of nitrogens with zero attached hydrogens (tertiary/aromatic N) is 6. The Bertz CT molecular complexity index is 3120. The number of imidazole rings is 1. The van der Waals surface area contributed by atoms with E-state index >= 15 is 4.39 Å². The third kappa shape index (κ3) is 15.1. The van der Waals surface area contributed by atoms with Gasteiger partial charge in [-0.15, -0.1) is 11.3 Å². The van der Waals surface area contributed by atoms with Crippen LogP contribution in [0.1, 0.15) is 35.3 Å². The van der Waals surface area contributed by atoms with Crippen LogP contribution >= 0.6 is 11.3 Å². The molecule has 0 atom stereocenters. The molecule has 0 saturated carbocycles. The molecule has 1 aliphatic rings. The number of hydrogen-bond donors (Lipinski definition) is 2. The monoisotopic (exact) mass is 1070 g/mol. The number of nitrogens with one attached hydrogen (secondary N) is 2. The average Bonchev–Trinajstić information content (AvgIpc) is 4.43. The van der Waals surface area contributed by atoms with Gasteiger partial charge in [0.15, 0.2) is 18.2 Å². The Morgan fingerprint density at radius 1 is 0.727 bits per heavy atom. The Labute approximate surface area is 452 Å². The van der Waals surface area contributed by atoms with Crippen molar-refractivity contribution in [3.05, 3.63) is 118 Å². The predicted octanol–water partition coefficient (Wildman–Crippen LogP) is 8.18. The van der Waals surface area contributed by atoms with Gasteiger partial charge in [0, 0.05) is 97.1 Å². The van der Waals surface area contributed by atoms with E-state index in [4.69, 9.17) is 42.7 Å². The molecular weight excluding hydrogens is 1000 g/mol. The first-order valence-electron chi connectivity index (χ1n) is 26.8. The Balaban J connectivity index is 0.573. The fourth-order valence-corrected chi connectivity index (χ4v) is 10.3. The molecule has 2 N–H and O–H groups in total. The summed E-state index contributed by atoms with van der Waals surface area (Å²) in [6.07, 6.45) is 1.19. The number of amides is 1. The number of fused-ring (bicyclic) bond motifs is 4. The normalized spacial score (nSPS) is 13.2. The molecule has 17 nitrogen and oxygen atoms in total. The van der Waals surface area contributed by atoms with Gasteiger partial charge < -0.3 is 57.4 Å². The minimum Gasteiger partial charge on any atom is -0.481 e. The molecule has 1 aliphatic heterocycles. The number of benzene rings is 4. The number of aromatic nitrogens is 5.